The Bertz CT molecular complexity index is 932. The zero-order valence-electron chi connectivity index (χ0n) is 25.3. The maximum Gasteiger partial charge on any atom is 0.0775 e. The summed E-state index contributed by atoms with van der Waals surface area (Å²) in [6.45, 7) is 35.6. The van der Waals surface area contributed by atoms with Gasteiger partial charge in [-0.1, -0.05) is 157 Å². The first kappa shape index (κ1) is 35.8. The minimum absolute atomic E-state index is 0. The Balaban J connectivity index is 0.000000646. The van der Waals surface area contributed by atoms with E-state index in [4.69, 9.17) is 0 Å². The summed E-state index contributed by atoms with van der Waals surface area (Å²) in [5.74, 6) is 0. The van der Waals surface area contributed by atoms with E-state index in [2.05, 4.69) is 138 Å². The molecule has 0 aliphatic heterocycles. The monoisotopic (exact) mass is 728 g/mol. The van der Waals surface area contributed by atoms with Crippen LogP contribution in [0.2, 0.25) is 39.3 Å². The summed E-state index contributed by atoms with van der Waals surface area (Å²) in [6, 6.07) is 0. The predicted molar refractivity (Wildman–Crippen MR) is 171 cm³/mol. The molecule has 0 amide bonds. The summed E-state index contributed by atoms with van der Waals surface area (Å²) in [5.41, 5.74) is 0.910. The average Bonchev–Trinajstić information content (AvgIpc) is 2.57. The van der Waals surface area contributed by atoms with Crippen LogP contribution in [0.15, 0.2) is 46.8 Å². The molecule has 6 heteroatoms. The van der Waals surface area contributed by atoms with Crippen molar-refractivity contribution in [3.63, 3.8) is 0 Å². The summed E-state index contributed by atoms with van der Waals surface area (Å²) in [4.78, 5) is 0. The number of allylic oxidation sites excluding steroid dienone is 8. The quantitative estimate of drug-likeness (QED) is 0.266. The van der Waals surface area contributed by atoms with Crippen molar-refractivity contribution in [3.05, 3.63) is 62.5 Å². The van der Waals surface area contributed by atoms with Crippen LogP contribution in [0.5, 0.6) is 0 Å². The van der Waals surface area contributed by atoms with Gasteiger partial charge in [-0.05, 0) is 42.6 Å². The normalized spacial score (nSPS) is 20.7. The van der Waals surface area contributed by atoms with E-state index < -0.39 is 16.1 Å². The molecule has 0 nitrogen and oxygen atoms in total. The summed E-state index contributed by atoms with van der Waals surface area (Å²) < 4.78 is 0. The van der Waals surface area contributed by atoms with Gasteiger partial charge in [0.15, 0.2) is 0 Å². The molecule has 35 heavy (non-hydrogen) atoms. The van der Waals surface area contributed by atoms with Gasteiger partial charge in [-0.15, -0.1) is 0 Å². The fourth-order valence-electron chi connectivity index (χ4n) is 3.28. The molecule has 1 aromatic rings. The van der Waals surface area contributed by atoms with Crippen LogP contribution in [0, 0.1) is 0 Å². The van der Waals surface area contributed by atoms with Crippen LogP contribution in [0.4, 0.5) is 0 Å². The van der Waals surface area contributed by atoms with Crippen molar-refractivity contribution < 1.29 is 25.8 Å². The van der Waals surface area contributed by atoms with E-state index in [1.807, 2.05) is 0 Å². The molecule has 0 aromatic carbocycles. The molecule has 0 N–H and O–H groups in total. The van der Waals surface area contributed by atoms with Crippen molar-refractivity contribution in [1.29, 1.82) is 0 Å². The van der Waals surface area contributed by atoms with E-state index in [9.17, 15) is 0 Å². The first-order valence-corrected chi connectivity index (χ1v) is 23.0. The summed E-state index contributed by atoms with van der Waals surface area (Å²) >= 11 is 0. The SMILES string of the molecule is CC(C)(C)c1ppc(C(C)(C)C)c(C(C)(C)C)p1.C[Si](C)(C)C1=C/C=C([Si](C)(C)C)\C=C/C=C\1.[Hf]. The Labute approximate surface area is 244 Å². The first-order chi connectivity index (χ1) is 15.0. The van der Waals surface area contributed by atoms with Gasteiger partial charge >= 0.3 is 0 Å². The number of hydrogen-bond donors (Lipinski definition) is 0. The van der Waals surface area contributed by atoms with Crippen LogP contribution in [0.3, 0.4) is 0 Å². The zero-order chi connectivity index (χ0) is 26.8. The molecule has 0 saturated heterocycles. The zero-order valence-corrected chi connectivity index (χ0v) is 33.6. The van der Waals surface area contributed by atoms with E-state index in [1.54, 1.807) is 15.6 Å². The molecular formula is C29H51HfP3Si2. The van der Waals surface area contributed by atoms with Crippen molar-refractivity contribution in [2.24, 2.45) is 0 Å². The number of hydrogen-bond acceptors (Lipinski definition) is 0. The summed E-state index contributed by atoms with van der Waals surface area (Å²) in [5, 5.41) is 8.05. The Kier molecular flexibility index (Phi) is 13.5. The summed E-state index contributed by atoms with van der Waals surface area (Å²) in [6.07, 6.45) is 13.6. The van der Waals surface area contributed by atoms with Crippen molar-refractivity contribution in [2.45, 2.75) is 118 Å². The van der Waals surface area contributed by atoms with Gasteiger partial charge in [0.05, 0.1) is 16.1 Å². The fourth-order valence-corrected chi connectivity index (χ4v) is 12.7. The molecule has 0 fully saturated rings. The van der Waals surface area contributed by atoms with Crippen LogP contribution >= 0.6 is 23.9 Å². The fraction of sp³-hybridized carbons (Fsp3) is 0.621. The van der Waals surface area contributed by atoms with Gasteiger partial charge in [0, 0.05) is 30.9 Å². The maximum atomic E-state index is 2.40. The molecule has 1 aliphatic carbocycles. The van der Waals surface area contributed by atoms with Gasteiger partial charge in [-0.25, -0.2) is 0 Å². The molecule has 0 atom stereocenters. The largest absolute Gasteiger partial charge is 0.0775 e. The van der Waals surface area contributed by atoms with Gasteiger partial charge in [0.25, 0.3) is 0 Å². The van der Waals surface area contributed by atoms with E-state index in [0.717, 1.165) is 0 Å². The molecule has 2 rings (SSSR count). The van der Waals surface area contributed by atoms with Crippen LogP contribution in [-0.2, 0) is 42.1 Å². The maximum absolute atomic E-state index is 2.40. The average molecular weight is 727 g/mol. The third kappa shape index (κ3) is 12.0. The minimum Gasteiger partial charge on any atom is -0.0656 e. The Morgan fingerprint density at radius 1 is 0.543 bits per heavy atom. The molecule has 1 heterocycles. The number of rotatable bonds is 2. The topological polar surface area (TPSA) is 0 Å². The molecule has 194 valence electrons. The van der Waals surface area contributed by atoms with Gasteiger partial charge in [-0.2, -0.15) is 0 Å². The Morgan fingerprint density at radius 2 is 0.914 bits per heavy atom. The van der Waals surface area contributed by atoms with Gasteiger partial charge in [0.1, 0.15) is 0 Å². The molecule has 0 radical (unpaired) electrons. The molecule has 0 bridgehead atoms. The second-order valence-corrected chi connectivity index (χ2v) is 28.7. The van der Waals surface area contributed by atoms with Crippen LogP contribution in [0.1, 0.15) is 77.9 Å². The predicted octanol–water partition coefficient (Wildman–Crippen LogP) is 12.0. The molecule has 0 unspecified atom stereocenters. The molecule has 0 saturated carbocycles. The first-order valence-electron chi connectivity index (χ1n) is 12.6. The van der Waals surface area contributed by atoms with Crippen LogP contribution in [0.25, 0.3) is 0 Å². The molecule has 1 aliphatic rings. The van der Waals surface area contributed by atoms with E-state index in [0.29, 0.717) is 10.8 Å². The van der Waals surface area contributed by atoms with E-state index in [-0.39, 0.29) is 31.3 Å². The third-order valence-corrected chi connectivity index (χ3v) is 16.6. The van der Waals surface area contributed by atoms with E-state index in [1.165, 1.54) is 34.3 Å². The standard InChI is InChI=1S/C15H27P3.C14H24Si2.Hf/c1-13(2,3)10-11(14(4,5)6)17-18-12(16-10)15(7,8)9;1-15(2,3)13-9-7-8-10-14(12-11-13)16(4,5)6;/h1-9H3;7-12H,1-6H3;/b;8-7?,9-7-,10-8-,12-11?,13-9?,13-11+,14-10?,14-12+;. The summed E-state index contributed by atoms with van der Waals surface area (Å²) in [7, 11) is 2.13. The second-order valence-electron chi connectivity index (χ2n) is 14.5. The van der Waals surface area contributed by atoms with Crippen molar-refractivity contribution in [1.82, 2.24) is 0 Å². The molecule has 0 spiro atoms. The van der Waals surface area contributed by atoms with Crippen molar-refractivity contribution >= 4 is 40.1 Å². The van der Waals surface area contributed by atoms with Gasteiger partial charge in [-0.3, -0.25) is 0 Å². The minimum atomic E-state index is -1.19. The Hall–Kier alpha value is 0.774. The van der Waals surface area contributed by atoms with Gasteiger partial charge < -0.3 is 0 Å². The third-order valence-electron chi connectivity index (χ3n) is 5.62. The van der Waals surface area contributed by atoms with Gasteiger partial charge in [0.2, 0.25) is 0 Å². The van der Waals surface area contributed by atoms with Crippen LogP contribution in [-0.4, -0.2) is 16.1 Å². The van der Waals surface area contributed by atoms with Crippen LogP contribution < -0.4 is 0 Å². The van der Waals surface area contributed by atoms with Crippen molar-refractivity contribution in [2.75, 3.05) is 0 Å². The smallest absolute Gasteiger partial charge is 0.0656 e. The Morgan fingerprint density at radius 3 is 1.20 bits per heavy atom. The van der Waals surface area contributed by atoms with Crippen molar-refractivity contribution in [3.8, 4) is 0 Å². The molecule has 1 aromatic heterocycles. The van der Waals surface area contributed by atoms with E-state index >= 15 is 0 Å². The second kappa shape index (κ2) is 13.2. The molecular weight excluding hydrogens is 676 g/mol.